The number of piperazine rings is 1. The molecule has 1 fully saturated rings. The molecule has 1 aromatic carbocycles. The molecule has 31 heavy (non-hydrogen) atoms. The first-order valence-corrected chi connectivity index (χ1v) is 10.2. The van der Waals surface area contributed by atoms with E-state index in [-0.39, 0.29) is 23.5 Å². The maximum atomic E-state index is 13.2. The third kappa shape index (κ3) is 4.42. The number of nitrogens with zero attached hydrogens (tertiary/aromatic N) is 3. The van der Waals surface area contributed by atoms with E-state index in [0.717, 1.165) is 5.57 Å². The number of H-pyrrole nitrogens is 1. The van der Waals surface area contributed by atoms with Gasteiger partial charge in [-0.25, -0.2) is 9.37 Å². The summed E-state index contributed by atoms with van der Waals surface area (Å²) in [5.74, 6) is -0.111. The number of halogens is 1. The minimum Gasteiger partial charge on any atom is -0.342 e. The van der Waals surface area contributed by atoms with Gasteiger partial charge in [0.2, 0.25) is 11.6 Å². The first kappa shape index (κ1) is 22.4. The Balaban J connectivity index is 1.88. The van der Waals surface area contributed by atoms with Crippen molar-refractivity contribution < 1.29 is 19.4 Å². The van der Waals surface area contributed by atoms with Crippen LogP contribution >= 0.6 is 0 Å². The molecule has 8 heteroatoms. The highest BCUT2D eigenvalue weighted by atomic mass is 19.1. The van der Waals surface area contributed by atoms with Crippen molar-refractivity contribution in [3.8, 4) is 0 Å². The Hall–Kier alpha value is -3.29. The highest BCUT2D eigenvalue weighted by Gasteiger charge is 2.43. The molecule has 2 heterocycles. The van der Waals surface area contributed by atoms with Gasteiger partial charge in [0.1, 0.15) is 22.9 Å². The van der Waals surface area contributed by atoms with Crippen LogP contribution in [0.3, 0.4) is 0 Å². The van der Waals surface area contributed by atoms with Crippen molar-refractivity contribution in [2.24, 2.45) is 5.92 Å². The molecule has 0 spiro atoms. The van der Waals surface area contributed by atoms with Gasteiger partial charge in [0.15, 0.2) is 0 Å². The Morgan fingerprint density at radius 3 is 2.52 bits per heavy atom. The van der Waals surface area contributed by atoms with Gasteiger partial charge >= 0.3 is 0 Å². The Bertz CT molecular complexity index is 1040. The number of rotatable bonds is 5. The SMILES string of the molecule is CC(C)/C(=C/C(=[NH2+])c1ccc(F)cc1)c1ncc(C(=O)N2CCN(C)C(=O)C2(C)C)[nH]1. The molecule has 1 aliphatic rings. The lowest BCUT2D eigenvalue weighted by Gasteiger charge is -2.44. The number of benzene rings is 1. The van der Waals surface area contributed by atoms with Gasteiger partial charge in [-0.05, 0) is 44.0 Å². The van der Waals surface area contributed by atoms with Crippen molar-refractivity contribution in [3.63, 3.8) is 0 Å². The normalized spacial score (nSPS) is 16.7. The van der Waals surface area contributed by atoms with Crippen LogP contribution in [0, 0.1) is 11.7 Å². The molecular weight excluding hydrogens is 397 g/mol. The first-order valence-electron chi connectivity index (χ1n) is 10.2. The van der Waals surface area contributed by atoms with E-state index in [1.165, 1.54) is 18.3 Å². The average Bonchev–Trinajstić information content (AvgIpc) is 3.20. The van der Waals surface area contributed by atoms with Gasteiger partial charge in [0.25, 0.3) is 5.91 Å². The topological polar surface area (TPSA) is 94.9 Å². The minimum atomic E-state index is -0.938. The first-order chi connectivity index (χ1) is 14.5. The molecule has 0 atom stereocenters. The lowest BCUT2D eigenvalue weighted by molar-refractivity contribution is -0.144. The van der Waals surface area contributed by atoms with Gasteiger partial charge in [-0.2, -0.15) is 0 Å². The summed E-state index contributed by atoms with van der Waals surface area (Å²) in [6, 6.07) is 5.94. The highest BCUT2D eigenvalue weighted by molar-refractivity contribution is 6.08. The summed E-state index contributed by atoms with van der Waals surface area (Å²) in [4.78, 5) is 36.4. The van der Waals surface area contributed by atoms with Gasteiger partial charge in [-0.15, -0.1) is 0 Å². The summed E-state index contributed by atoms with van der Waals surface area (Å²) in [7, 11) is 1.74. The number of imidazole rings is 1. The number of hydrogen-bond donors (Lipinski definition) is 2. The van der Waals surface area contributed by atoms with Crippen molar-refractivity contribution >= 4 is 23.1 Å². The minimum absolute atomic E-state index is 0.0646. The number of nitrogens with two attached hydrogens (primary N) is 1. The van der Waals surface area contributed by atoms with Gasteiger partial charge in [0, 0.05) is 37.3 Å². The second-order valence-corrected chi connectivity index (χ2v) is 8.60. The molecule has 0 radical (unpaired) electrons. The zero-order valence-electron chi connectivity index (χ0n) is 18.6. The molecule has 2 amide bonds. The van der Waals surface area contributed by atoms with Crippen LogP contribution in [-0.2, 0) is 4.79 Å². The van der Waals surface area contributed by atoms with E-state index in [9.17, 15) is 14.0 Å². The Kier molecular flexibility index (Phi) is 6.10. The highest BCUT2D eigenvalue weighted by Crippen LogP contribution is 2.25. The van der Waals surface area contributed by atoms with E-state index in [2.05, 4.69) is 9.97 Å². The zero-order valence-corrected chi connectivity index (χ0v) is 18.6. The quantitative estimate of drug-likeness (QED) is 0.710. The second kappa shape index (κ2) is 8.45. The maximum Gasteiger partial charge on any atom is 0.272 e. The summed E-state index contributed by atoms with van der Waals surface area (Å²) in [6.07, 6.45) is 3.27. The van der Waals surface area contributed by atoms with E-state index in [4.69, 9.17) is 5.41 Å². The third-order valence-corrected chi connectivity index (χ3v) is 5.64. The van der Waals surface area contributed by atoms with E-state index in [1.54, 1.807) is 48.9 Å². The average molecular weight is 427 g/mol. The number of amides is 2. The fourth-order valence-electron chi connectivity index (χ4n) is 3.69. The summed E-state index contributed by atoms with van der Waals surface area (Å²) in [6.45, 7) is 8.41. The van der Waals surface area contributed by atoms with Crippen LogP contribution in [0.15, 0.2) is 36.5 Å². The van der Waals surface area contributed by atoms with E-state index < -0.39 is 5.54 Å². The number of carbonyl (C=O) groups is 2. The molecule has 0 aliphatic carbocycles. The largest absolute Gasteiger partial charge is 0.342 e. The summed E-state index contributed by atoms with van der Waals surface area (Å²) in [5.41, 5.74) is 1.35. The molecule has 164 valence electrons. The predicted octanol–water partition coefficient (Wildman–Crippen LogP) is 1.53. The van der Waals surface area contributed by atoms with Crippen LogP contribution in [0.25, 0.3) is 5.57 Å². The van der Waals surface area contributed by atoms with Gasteiger partial charge in [0.05, 0.1) is 6.20 Å². The van der Waals surface area contributed by atoms with Crippen LogP contribution in [-0.4, -0.2) is 63.0 Å². The van der Waals surface area contributed by atoms with Crippen molar-refractivity contribution in [2.45, 2.75) is 33.2 Å². The molecule has 2 aromatic rings. The molecule has 7 nitrogen and oxygen atoms in total. The molecule has 3 N–H and O–H groups in total. The second-order valence-electron chi connectivity index (χ2n) is 8.60. The van der Waals surface area contributed by atoms with Crippen molar-refractivity contribution in [2.75, 3.05) is 20.1 Å². The lowest BCUT2D eigenvalue weighted by Crippen LogP contribution is -2.63. The van der Waals surface area contributed by atoms with Crippen LogP contribution in [0.2, 0.25) is 0 Å². The van der Waals surface area contributed by atoms with E-state index in [1.807, 2.05) is 13.8 Å². The van der Waals surface area contributed by atoms with Crippen LogP contribution in [0.1, 0.15) is 49.6 Å². The zero-order chi connectivity index (χ0) is 22.9. The molecule has 0 saturated carbocycles. The summed E-state index contributed by atoms with van der Waals surface area (Å²) < 4.78 is 13.2. The number of hydrogen-bond acceptors (Lipinski definition) is 3. The fraction of sp³-hybridized carbons (Fsp3) is 0.391. The number of allylic oxidation sites excluding steroid dienone is 2. The number of aromatic amines is 1. The lowest BCUT2D eigenvalue weighted by atomic mass is 9.97. The standard InChI is InChI=1S/C23H28FN5O2/c1-14(2)17(12-18(25)15-6-8-16(24)9-7-15)20-26-13-19(27-20)21(30)29-11-10-28(5)22(31)23(29,3)4/h6-9,12-14,25H,10-11H2,1-5H3,(H,26,27)/p+1/b17-12-,25-18?. The van der Waals surface area contributed by atoms with E-state index in [0.29, 0.717) is 35.9 Å². The molecular formula is C23H29FN5O2+. The Labute approximate surface area is 181 Å². The van der Waals surface area contributed by atoms with Gasteiger partial charge < -0.3 is 14.8 Å². The number of nitrogens with one attached hydrogen (secondary N) is 1. The monoisotopic (exact) mass is 426 g/mol. The molecule has 1 aliphatic heterocycles. The van der Waals surface area contributed by atoms with Crippen molar-refractivity contribution in [1.29, 1.82) is 0 Å². The van der Waals surface area contributed by atoms with Gasteiger partial charge in [-0.3, -0.25) is 15.0 Å². The predicted molar refractivity (Wildman–Crippen MR) is 117 cm³/mol. The number of likely N-dealkylation sites (N-methyl/N-ethyl adjacent to an activating group) is 1. The van der Waals surface area contributed by atoms with Crippen LogP contribution < -0.4 is 5.41 Å². The fourth-order valence-corrected chi connectivity index (χ4v) is 3.69. The van der Waals surface area contributed by atoms with E-state index >= 15 is 0 Å². The summed E-state index contributed by atoms with van der Waals surface area (Å²) >= 11 is 0. The smallest absolute Gasteiger partial charge is 0.272 e. The summed E-state index contributed by atoms with van der Waals surface area (Å²) in [5, 5.41) is 6.23. The Morgan fingerprint density at radius 2 is 1.90 bits per heavy atom. The molecule has 1 saturated heterocycles. The maximum absolute atomic E-state index is 13.2. The van der Waals surface area contributed by atoms with Crippen LogP contribution in [0.5, 0.6) is 0 Å². The molecule has 0 unspecified atom stereocenters. The third-order valence-electron chi connectivity index (χ3n) is 5.64. The van der Waals surface area contributed by atoms with Crippen LogP contribution in [0.4, 0.5) is 4.39 Å². The molecule has 3 rings (SSSR count). The van der Waals surface area contributed by atoms with Crippen molar-refractivity contribution in [1.82, 2.24) is 19.8 Å². The molecule has 1 aromatic heterocycles. The Morgan fingerprint density at radius 1 is 1.26 bits per heavy atom. The van der Waals surface area contributed by atoms with Gasteiger partial charge in [-0.1, -0.05) is 13.8 Å². The number of aromatic nitrogens is 2. The number of carbonyl (C=O) groups excluding carboxylic acids is 2. The van der Waals surface area contributed by atoms with Crippen molar-refractivity contribution in [3.05, 3.63) is 59.4 Å². The molecule has 0 bridgehead atoms.